The van der Waals surface area contributed by atoms with Gasteiger partial charge in [-0.25, -0.2) is 0 Å². The number of rotatable bonds is 7. The minimum Gasteiger partial charge on any atom is -0.497 e. The van der Waals surface area contributed by atoms with Crippen LogP contribution in [0.25, 0.3) is 0 Å². The number of ether oxygens (including phenoxy) is 2. The second kappa shape index (κ2) is 11.0. The highest BCUT2D eigenvalue weighted by Crippen LogP contribution is 2.52. The maximum absolute atomic E-state index is 14.1. The molecule has 3 aromatic rings. The molecule has 40 heavy (non-hydrogen) atoms. The summed E-state index contributed by atoms with van der Waals surface area (Å²) in [5.74, 6) is 0.188. The van der Waals surface area contributed by atoms with Gasteiger partial charge < -0.3 is 24.6 Å². The highest BCUT2D eigenvalue weighted by molar-refractivity contribution is 9.10. The monoisotopic (exact) mass is 633 g/mol. The molecule has 1 spiro atoms. The number of carbonyl (C=O) groups excluding carboxylic acids is 2. The minimum atomic E-state index is -3.83. The number of likely N-dealkylation sites (tertiary alicyclic amines) is 1. The summed E-state index contributed by atoms with van der Waals surface area (Å²) in [5, 5.41) is 2.77. The lowest BCUT2D eigenvalue weighted by Crippen LogP contribution is -2.47. The smallest absolute Gasteiger partial charge is 0.487 e. The summed E-state index contributed by atoms with van der Waals surface area (Å²) in [6.45, 7) is 1.91. The fourth-order valence-corrected chi connectivity index (χ4v) is 6.28. The molecule has 210 valence electrons. The number of halogens is 4. The van der Waals surface area contributed by atoms with E-state index in [4.69, 9.17) is 16.3 Å². The molecular weight excluding hydrogens is 608 g/mol. The van der Waals surface area contributed by atoms with Gasteiger partial charge in [-0.1, -0.05) is 28.1 Å². The molecule has 0 atom stereocenters. The molecule has 11 heteroatoms. The van der Waals surface area contributed by atoms with Gasteiger partial charge in [0.1, 0.15) is 11.5 Å². The van der Waals surface area contributed by atoms with Gasteiger partial charge in [-0.05, 0) is 87.1 Å². The number of anilines is 2. The summed E-state index contributed by atoms with van der Waals surface area (Å²) >= 11 is 8.50. The van der Waals surface area contributed by atoms with E-state index >= 15 is 0 Å². The zero-order valence-corrected chi connectivity index (χ0v) is 24.2. The Hall–Kier alpha value is -3.21. The molecule has 1 fully saturated rings. The molecule has 2 aliphatic heterocycles. The van der Waals surface area contributed by atoms with E-state index in [1.165, 1.54) is 24.3 Å². The first-order valence-corrected chi connectivity index (χ1v) is 13.8. The molecule has 1 N–H and O–H groups in total. The lowest BCUT2D eigenvalue weighted by molar-refractivity contribution is -0.124. The molecule has 5 rings (SSSR count). The maximum Gasteiger partial charge on any atom is 0.487 e. The molecule has 0 bridgehead atoms. The van der Waals surface area contributed by atoms with Crippen LogP contribution in [0.4, 0.5) is 20.2 Å². The van der Waals surface area contributed by atoms with Gasteiger partial charge in [-0.2, -0.15) is 0 Å². The van der Waals surface area contributed by atoms with Crippen LogP contribution in [0, 0.1) is 0 Å². The third-order valence-corrected chi connectivity index (χ3v) is 8.14. The summed E-state index contributed by atoms with van der Waals surface area (Å²) < 4.78 is 36.1. The first-order chi connectivity index (χ1) is 19.0. The summed E-state index contributed by atoms with van der Waals surface area (Å²) in [7, 11) is 3.65. The third kappa shape index (κ3) is 5.66. The Kier molecular flexibility index (Phi) is 7.78. The second-order valence-corrected chi connectivity index (χ2v) is 11.3. The number of piperidine rings is 1. The average molecular weight is 635 g/mol. The lowest BCUT2D eigenvalue weighted by Gasteiger charge is -2.37. The second-order valence-electron chi connectivity index (χ2n) is 10.0. The van der Waals surface area contributed by atoms with E-state index in [1.807, 2.05) is 31.3 Å². The molecule has 2 aliphatic rings. The van der Waals surface area contributed by atoms with Crippen molar-refractivity contribution in [3.63, 3.8) is 0 Å². The van der Waals surface area contributed by atoms with Crippen molar-refractivity contribution in [1.82, 2.24) is 4.90 Å². The van der Waals surface area contributed by atoms with Gasteiger partial charge in [-0.15, -0.1) is 8.78 Å². The van der Waals surface area contributed by atoms with Crippen LogP contribution in [-0.4, -0.2) is 49.5 Å². The van der Waals surface area contributed by atoms with Crippen molar-refractivity contribution < 1.29 is 27.8 Å². The van der Waals surface area contributed by atoms with Crippen LogP contribution in [0.5, 0.6) is 11.5 Å². The van der Waals surface area contributed by atoms with E-state index in [2.05, 4.69) is 30.9 Å². The lowest BCUT2D eigenvalue weighted by atomic mass is 9.73. The van der Waals surface area contributed by atoms with E-state index < -0.39 is 16.9 Å². The van der Waals surface area contributed by atoms with Gasteiger partial charge in [0, 0.05) is 32.9 Å². The molecule has 0 radical (unpaired) electrons. The molecule has 2 heterocycles. The van der Waals surface area contributed by atoms with Crippen LogP contribution >= 0.6 is 27.5 Å². The topological polar surface area (TPSA) is 71.1 Å². The largest absolute Gasteiger partial charge is 0.497 e. The molecule has 1 saturated heterocycles. The first-order valence-electron chi connectivity index (χ1n) is 12.6. The number of nitrogens with zero attached hydrogens (tertiary/aromatic N) is 2. The highest BCUT2D eigenvalue weighted by Gasteiger charge is 2.53. The average Bonchev–Trinajstić information content (AvgIpc) is 3.14. The van der Waals surface area contributed by atoms with Crippen LogP contribution in [0.1, 0.15) is 34.3 Å². The van der Waals surface area contributed by atoms with Gasteiger partial charge in [0.25, 0.3) is 5.91 Å². The van der Waals surface area contributed by atoms with Gasteiger partial charge in [0.15, 0.2) is 0 Å². The van der Waals surface area contributed by atoms with Gasteiger partial charge in [-0.3, -0.25) is 9.59 Å². The van der Waals surface area contributed by atoms with Crippen molar-refractivity contribution in [1.29, 1.82) is 0 Å². The standard InChI is InChI=1S/C29H27BrClF2N3O4/c1-35-13-11-28(12-14-35)25-23(30)15-19(26(37)34-20-5-9-22(10-6-20)40-29(31,32)33)16-24(25)36(27(28)38)17-18-3-7-21(39-2)8-4-18/h3-10,15-16H,11-14,17H2,1-2H3,(H,34,37). The molecule has 0 aromatic heterocycles. The quantitative estimate of drug-likeness (QED) is 0.305. The summed E-state index contributed by atoms with van der Waals surface area (Å²) in [6, 6.07) is 16.5. The molecule has 2 amide bonds. The van der Waals surface area contributed by atoms with E-state index in [9.17, 15) is 18.4 Å². The van der Waals surface area contributed by atoms with E-state index in [0.717, 1.165) is 30.0 Å². The number of methoxy groups -OCH3 is 1. The number of carbonyl (C=O) groups is 2. The Balaban J connectivity index is 1.47. The molecule has 3 aromatic carbocycles. The number of nitrogens with one attached hydrogen (secondary N) is 1. The van der Waals surface area contributed by atoms with Crippen molar-refractivity contribution in [3.8, 4) is 11.5 Å². The predicted molar refractivity (Wildman–Crippen MR) is 153 cm³/mol. The molecule has 0 aliphatic carbocycles. The van der Waals surface area contributed by atoms with Crippen molar-refractivity contribution >= 4 is 50.7 Å². The van der Waals surface area contributed by atoms with Crippen LogP contribution in [0.3, 0.4) is 0 Å². The fraction of sp³-hybridized carbons (Fsp3) is 0.310. The summed E-state index contributed by atoms with van der Waals surface area (Å²) in [5.41, 5.74) is -1.26. The SMILES string of the molecule is COc1ccc(CN2C(=O)C3(CCN(C)CC3)c3c(Br)cc(C(=O)Nc4ccc(OC(F)(F)Cl)cc4)cc32)cc1. The Morgan fingerprint density at radius 2 is 1.70 bits per heavy atom. The number of alkyl halides is 3. The third-order valence-electron chi connectivity index (χ3n) is 7.44. The maximum atomic E-state index is 14.1. The fourth-order valence-electron chi connectivity index (χ4n) is 5.36. The zero-order valence-electron chi connectivity index (χ0n) is 21.8. The van der Waals surface area contributed by atoms with Crippen molar-refractivity contribution in [3.05, 3.63) is 81.8 Å². The van der Waals surface area contributed by atoms with Gasteiger partial charge in [0.2, 0.25) is 5.91 Å². The van der Waals surface area contributed by atoms with Crippen LogP contribution in [0.15, 0.2) is 65.1 Å². The molecule has 7 nitrogen and oxygen atoms in total. The van der Waals surface area contributed by atoms with Crippen molar-refractivity contribution in [2.24, 2.45) is 0 Å². The molecular formula is C29H27BrClF2N3O4. The highest BCUT2D eigenvalue weighted by atomic mass is 79.9. The molecule has 0 unspecified atom stereocenters. The van der Waals surface area contributed by atoms with Crippen LogP contribution < -0.4 is 19.7 Å². The van der Waals surface area contributed by atoms with Crippen LogP contribution in [0.2, 0.25) is 0 Å². The van der Waals surface area contributed by atoms with Crippen molar-refractivity contribution in [2.45, 2.75) is 30.4 Å². The minimum absolute atomic E-state index is 0.0244. The Labute approximate surface area is 244 Å². The number of benzene rings is 3. The number of fused-ring (bicyclic) bond motifs is 2. The first kappa shape index (κ1) is 28.3. The van der Waals surface area contributed by atoms with E-state index in [0.29, 0.717) is 40.8 Å². The summed E-state index contributed by atoms with van der Waals surface area (Å²) in [4.78, 5) is 31.4. The predicted octanol–water partition coefficient (Wildman–Crippen LogP) is 6.39. The van der Waals surface area contributed by atoms with E-state index in [1.54, 1.807) is 24.1 Å². The number of hydrogen-bond donors (Lipinski definition) is 1. The number of hydrogen-bond acceptors (Lipinski definition) is 5. The number of amides is 2. The van der Waals surface area contributed by atoms with Gasteiger partial charge in [0.05, 0.1) is 24.8 Å². The molecule has 0 saturated carbocycles. The van der Waals surface area contributed by atoms with Gasteiger partial charge >= 0.3 is 5.57 Å². The Morgan fingerprint density at radius 1 is 1.07 bits per heavy atom. The van der Waals surface area contributed by atoms with Crippen LogP contribution in [-0.2, 0) is 16.8 Å². The zero-order chi connectivity index (χ0) is 28.7. The van der Waals surface area contributed by atoms with E-state index in [-0.39, 0.29) is 11.7 Å². The Bertz CT molecular complexity index is 1420. The van der Waals surface area contributed by atoms with Crippen molar-refractivity contribution in [2.75, 3.05) is 37.5 Å². The summed E-state index contributed by atoms with van der Waals surface area (Å²) in [6.07, 6.45) is 1.35. The normalized spacial score (nSPS) is 16.6. The Morgan fingerprint density at radius 3 is 2.30 bits per heavy atom.